The highest BCUT2D eigenvalue weighted by Gasteiger charge is 2.24. The van der Waals surface area contributed by atoms with Crippen LogP contribution in [0.5, 0.6) is 5.75 Å². The van der Waals surface area contributed by atoms with Crippen molar-refractivity contribution in [1.82, 2.24) is 4.72 Å². The number of benzene rings is 2. The molecule has 0 spiro atoms. The second-order valence-electron chi connectivity index (χ2n) is 6.39. The highest BCUT2D eigenvalue weighted by atomic mass is 32.2. The minimum Gasteiger partial charge on any atom is -0.494 e. The van der Waals surface area contributed by atoms with Crippen molar-refractivity contribution >= 4 is 27.6 Å². The van der Waals surface area contributed by atoms with Gasteiger partial charge in [0.05, 0.1) is 30.6 Å². The highest BCUT2D eigenvalue weighted by Crippen LogP contribution is 2.24. The summed E-state index contributed by atoms with van der Waals surface area (Å²) in [6.45, 7) is 5.62. The van der Waals surface area contributed by atoms with Gasteiger partial charge >= 0.3 is 5.97 Å². The molecular formula is C21H26N2O6S. The Morgan fingerprint density at radius 3 is 2.13 bits per heavy atom. The molecule has 0 bridgehead atoms. The summed E-state index contributed by atoms with van der Waals surface area (Å²) in [5, 5.41) is 2.58. The third-order valence-electron chi connectivity index (χ3n) is 4.05. The number of amides is 1. The van der Waals surface area contributed by atoms with Gasteiger partial charge in [-0.15, -0.1) is 0 Å². The molecule has 0 aliphatic carbocycles. The van der Waals surface area contributed by atoms with Crippen molar-refractivity contribution in [3.63, 3.8) is 0 Å². The first-order valence-electron chi connectivity index (χ1n) is 9.53. The molecule has 2 N–H and O–H groups in total. The van der Waals surface area contributed by atoms with Gasteiger partial charge in [-0.25, -0.2) is 13.1 Å². The highest BCUT2D eigenvalue weighted by molar-refractivity contribution is 7.89. The first-order chi connectivity index (χ1) is 14.2. The van der Waals surface area contributed by atoms with Crippen LogP contribution in [0.2, 0.25) is 0 Å². The second-order valence-corrected chi connectivity index (χ2v) is 8.10. The molecule has 162 valence electrons. The molecule has 1 atom stereocenters. The molecule has 0 aliphatic heterocycles. The maximum atomic E-state index is 12.9. The van der Waals surface area contributed by atoms with Crippen molar-refractivity contribution in [2.75, 3.05) is 18.5 Å². The molecule has 0 unspecified atom stereocenters. The van der Waals surface area contributed by atoms with Crippen LogP contribution in [0.25, 0.3) is 0 Å². The van der Waals surface area contributed by atoms with Crippen LogP contribution in [0.15, 0.2) is 53.4 Å². The van der Waals surface area contributed by atoms with Gasteiger partial charge in [0, 0.05) is 12.6 Å². The third kappa shape index (κ3) is 6.85. The van der Waals surface area contributed by atoms with Gasteiger partial charge in [-0.05, 0) is 55.8 Å². The predicted molar refractivity (Wildman–Crippen MR) is 113 cm³/mol. The first kappa shape index (κ1) is 23.4. The normalized spacial score (nSPS) is 12.1. The van der Waals surface area contributed by atoms with Crippen LogP contribution in [-0.2, 0) is 24.3 Å². The quantitative estimate of drug-likeness (QED) is 0.556. The number of nitrogens with one attached hydrogen (secondary N) is 2. The minimum atomic E-state index is -3.94. The fourth-order valence-electron chi connectivity index (χ4n) is 2.75. The van der Waals surface area contributed by atoms with E-state index in [4.69, 9.17) is 9.47 Å². The van der Waals surface area contributed by atoms with Crippen molar-refractivity contribution in [3.05, 3.63) is 54.1 Å². The molecule has 0 saturated heterocycles. The average molecular weight is 435 g/mol. The molecular weight excluding hydrogens is 408 g/mol. The zero-order valence-corrected chi connectivity index (χ0v) is 18.0. The monoisotopic (exact) mass is 434 g/mol. The van der Waals surface area contributed by atoms with Crippen LogP contribution in [0.1, 0.15) is 38.8 Å². The number of carbonyl (C=O) groups is 2. The minimum absolute atomic E-state index is 0.0106. The summed E-state index contributed by atoms with van der Waals surface area (Å²) in [4.78, 5) is 23.2. The van der Waals surface area contributed by atoms with E-state index in [9.17, 15) is 18.0 Å². The molecule has 2 rings (SSSR count). The van der Waals surface area contributed by atoms with Crippen LogP contribution >= 0.6 is 0 Å². The number of carbonyl (C=O) groups excluding carboxylic acids is 2. The second kappa shape index (κ2) is 10.7. The van der Waals surface area contributed by atoms with Crippen molar-refractivity contribution in [2.24, 2.45) is 0 Å². The third-order valence-corrected chi connectivity index (χ3v) is 5.54. The number of sulfonamides is 1. The number of ether oxygens (including phenoxy) is 2. The molecule has 0 saturated carbocycles. The topological polar surface area (TPSA) is 111 Å². The van der Waals surface area contributed by atoms with Crippen LogP contribution < -0.4 is 14.8 Å². The van der Waals surface area contributed by atoms with E-state index < -0.39 is 22.0 Å². The number of esters is 1. The number of hydrogen-bond donors (Lipinski definition) is 2. The summed E-state index contributed by atoms with van der Waals surface area (Å²) in [7, 11) is -3.94. The number of hydrogen-bond acceptors (Lipinski definition) is 6. The van der Waals surface area contributed by atoms with Gasteiger partial charge in [-0.2, -0.15) is 0 Å². The molecule has 30 heavy (non-hydrogen) atoms. The van der Waals surface area contributed by atoms with Crippen molar-refractivity contribution in [3.8, 4) is 5.75 Å². The zero-order chi connectivity index (χ0) is 22.1. The van der Waals surface area contributed by atoms with Gasteiger partial charge in [0.1, 0.15) is 5.75 Å². The van der Waals surface area contributed by atoms with Gasteiger partial charge in [0.15, 0.2) is 0 Å². The largest absolute Gasteiger partial charge is 0.494 e. The van der Waals surface area contributed by atoms with Gasteiger partial charge < -0.3 is 14.8 Å². The van der Waals surface area contributed by atoms with Crippen LogP contribution in [0, 0.1) is 0 Å². The molecule has 0 heterocycles. The standard InChI is InChI=1S/C21H26N2O6S/c1-4-28-18-10-6-16(7-11-18)20(14-21(25)29-5-2)23-30(26,27)19-12-8-17(9-13-19)22-15(3)24/h6-13,20,23H,4-5,14H2,1-3H3,(H,22,24)/t20-/m0/s1. The SMILES string of the molecule is CCOC(=O)C[C@H](NS(=O)(=O)c1ccc(NC(C)=O)cc1)c1ccc(OCC)cc1. The Hall–Kier alpha value is -2.91. The summed E-state index contributed by atoms with van der Waals surface area (Å²) >= 11 is 0. The van der Waals surface area contributed by atoms with E-state index in [1.165, 1.54) is 31.2 Å². The smallest absolute Gasteiger partial charge is 0.307 e. The summed E-state index contributed by atoms with van der Waals surface area (Å²) in [6, 6.07) is 11.8. The average Bonchev–Trinajstić information content (AvgIpc) is 2.68. The van der Waals surface area contributed by atoms with E-state index in [0.29, 0.717) is 23.6 Å². The molecule has 1 amide bonds. The van der Waals surface area contributed by atoms with E-state index in [0.717, 1.165) is 0 Å². The molecule has 0 radical (unpaired) electrons. The maximum absolute atomic E-state index is 12.9. The Labute approximate surface area is 176 Å². The van der Waals surface area contributed by atoms with Gasteiger partial charge in [-0.3, -0.25) is 9.59 Å². The maximum Gasteiger partial charge on any atom is 0.307 e. The number of anilines is 1. The van der Waals surface area contributed by atoms with Gasteiger partial charge in [-0.1, -0.05) is 12.1 Å². The lowest BCUT2D eigenvalue weighted by Crippen LogP contribution is -2.30. The van der Waals surface area contributed by atoms with E-state index >= 15 is 0 Å². The fourth-order valence-corrected chi connectivity index (χ4v) is 3.98. The van der Waals surface area contributed by atoms with Crippen LogP contribution in [0.3, 0.4) is 0 Å². The summed E-state index contributed by atoms with van der Waals surface area (Å²) in [5.41, 5.74) is 1.08. The Morgan fingerprint density at radius 1 is 0.967 bits per heavy atom. The van der Waals surface area contributed by atoms with Crippen molar-refractivity contribution in [1.29, 1.82) is 0 Å². The van der Waals surface area contributed by atoms with E-state index in [-0.39, 0.29) is 23.8 Å². The van der Waals surface area contributed by atoms with E-state index in [1.807, 2.05) is 6.92 Å². The molecule has 2 aromatic carbocycles. The summed E-state index contributed by atoms with van der Waals surface area (Å²) in [5.74, 6) is -0.124. The van der Waals surface area contributed by atoms with Gasteiger partial charge in [0.25, 0.3) is 0 Å². The molecule has 0 aliphatic rings. The predicted octanol–water partition coefficient (Wildman–Crippen LogP) is 3.02. The van der Waals surface area contributed by atoms with Gasteiger partial charge in [0.2, 0.25) is 15.9 Å². The Bertz CT molecular complexity index is 956. The molecule has 0 aromatic heterocycles. The summed E-state index contributed by atoms with van der Waals surface area (Å²) < 4.78 is 38.7. The zero-order valence-electron chi connectivity index (χ0n) is 17.2. The molecule has 2 aromatic rings. The lowest BCUT2D eigenvalue weighted by atomic mass is 10.0. The Kier molecular flexibility index (Phi) is 8.37. The van der Waals surface area contributed by atoms with Crippen molar-refractivity contribution in [2.45, 2.75) is 38.1 Å². The van der Waals surface area contributed by atoms with Crippen molar-refractivity contribution < 1.29 is 27.5 Å². The Balaban J connectivity index is 2.26. The molecule has 0 fully saturated rings. The first-order valence-corrected chi connectivity index (χ1v) is 11.0. The van der Waals surface area contributed by atoms with E-state index in [1.54, 1.807) is 31.2 Å². The number of rotatable bonds is 10. The van der Waals surface area contributed by atoms with E-state index in [2.05, 4.69) is 10.0 Å². The summed E-state index contributed by atoms with van der Waals surface area (Å²) in [6.07, 6.45) is -0.162. The molecule has 8 nitrogen and oxygen atoms in total. The fraction of sp³-hybridized carbons (Fsp3) is 0.333. The Morgan fingerprint density at radius 2 is 1.60 bits per heavy atom. The lowest BCUT2D eigenvalue weighted by molar-refractivity contribution is -0.143. The van der Waals surface area contributed by atoms with Crippen LogP contribution in [-0.4, -0.2) is 33.5 Å². The molecule has 9 heteroatoms. The van der Waals surface area contributed by atoms with Crippen LogP contribution in [0.4, 0.5) is 5.69 Å². The lowest BCUT2D eigenvalue weighted by Gasteiger charge is -2.19.